The van der Waals surface area contributed by atoms with Gasteiger partial charge in [-0.05, 0) is 0 Å². The van der Waals surface area contributed by atoms with Gasteiger partial charge in [0.1, 0.15) is 6.04 Å². The largest absolute Gasteiger partial charge is 0.480 e. The van der Waals surface area contributed by atoms with Crippen molar-refractivity contribution in [3.63, 3.8) is 0 Å². The number of carboxylic acid groups (broad SMARTS) is 1. The van der Waals surface area contributed by atoms with Crippen molar-refractivity contribution in [2.24, 2.45) is 0 Å². The number of Topliss-reactive ketones (excluding diaryl/α,β-unsaturated/α-hetero) is 1. The zero-order valence-electron chi connectivity index (χ0n) is 11.7. The molecule has 1 aliphatic rings. The fourth-order valence-electron chi connectivity index (χ4n) is 1.99. The quantitative estimate of drug-likeness (QED) is 0.848. The van der Waals surface area contributed by atoms with E-state index in [1.54, 1.807) is 24.3 Å². The Hall–Kier alpha value is -2.41. The molecule has 0 bridgehead atoms. The van der Waals surface area contributed by atoms with Gasteiger partial charge < -0.3 is 10.4 Å². The van der Waals surface area contributed by atoms with Crippen molar-refractivity contribution >= 4 is 35.2 Å². The second-order valence-electron chi connectivity index (χ2n) is 4.65. The molecule has 0 aromatic heterocycles. The number of fused-ring (bicyclic) bond motifs is 1. The lowest BCUT2D eigenvalue weighted by Gasteiger charge is -2.17. The molecule has 2 rings (SSSR count). The molecule has 0 spiro atoms. The first-order valence-corrected chi connectivity index (χ1v) is 7.41. The van der Waals surface area contributed by atoms with E-state index in [9.17, 15) is 19.2 Å². The summed E-state index contributed by atoms with van der Waals surface area (Å²) in [6, 6.07) is 5.35. The van der Waals surface area contributed by atoms with E-state index in [2.05, 4.69) is 5.32 Å². The Bertz CT molecular complexity index is 695. The molecular weight excluding hydrogens is 306 g/mol. The number of hydrogen-bond donors (Lipinski definition) is 2. The van der Waals surface area contributed by atoms with Crippen LogP contribution in [0.2, 0.25) is 0 Å². The van der Waals surface area contributed by atoms with Gasteiger partial charge >= 0.3 is 5.97 Å². The number of aliphatic carboxylic acids is 1. The monoisotopic (exact) mass is 319 g/mol. The minimum atomic E-state index is -1.20. The first-order valence-electron chi connectivity index (χ1n) is 6.42. The summed E-state index contributed by atoms with van der Waals surface area (Å²) >= 11 is 0.946. The van der Waals surface area contributed by atoms with Crippen molar-refractivity contribution in [2.75, 3.05) is 5.75 Å². The van der Waals surface area contributed by atoms with Crippen LogP contribution in [0, 0.1) is 0 Å². The summed E-state index contributed by atoms with van der Waals surface area (Å²) in [5.41, 5.74) is 0.650. The SMILES string of the molecule is CC(=O)NC(CSC1=CC(=O)c2ccccc2C1=O)C(=O)O. The second-order valence-corrected chi connectivity index (χ2v) is 5.71. The van der Waals surface area contributed by atoms with Gasteiger partial charge in [0, 0.05) is 29.9 Å². The second kappa shape index (κ2) is 6.57. The van der Waals surface area contributed by atoms with Crippen LogP contribution in [0.1, 0.15) is 27.6 Å². The number of amides is 1. The highest BCUT2D eigenvalue weighted by Gasteiger charge is 2.27. The van der Waals surface area contributed by atoms with Gasteiger partial charge in [-0.15, -0.1) is 11.8 Å². The van der Waals surface area contributed by atoms with Gasteiger partial charge in [-0.3, -0.25) is 14.4 Å². The molecule has 0 heterocycles. The highest BCUT2D eigenvalue weighted by molar-refractivity contribution is 8.04. The fourth-order valence-corrected chi connectivity index (χ4v) is 3.00. The Morgan fingerprint density at radius 2 is 1.86 bits per heavy atom. The number of allylic oxidation sites excluding steroid dienone is 2. The number of benzene rings is 1. The average molecular weight is 319 g/mol. The molecular formula is C15H13NO5S. The third kappa shape index (κ3) is 3.43. The van der Waals surface area contributed by atoms with E-state index in [4.69, 9.17) is 5.11 Å². The van der Waals surface area contributed by atoms with E-state index in [-0.39, 0.29) is 22.2 Å². The van der Waals surface area contributed by atoms with Crippen LogP contribution in [0.3, 0.4) is 0 Å². The number of hydrogen-bond acceptors (Lipinski definition) is 5. The van der Waals surface area contributed by atoms with Gasteiger partial charge in [-0.25, -0.2) is 4.79 Å². The molecule has 0 fully saturated rings. The molecule has 1 aromatic carbocycles. The number of rotatable bonds is 5. The first kappa shape index (κ1) is 16.0. The maximum Gasteiger partial charge on any atom is 0.327 e. The lowest BCUT2D eigenvalue weighted by Crippen LogP contribution is -2.41. The number of carboxylic acids is 1. The number of thioether (sulfide) groups is 1. The van der Waals surface area contributed by atoms with Gasteiger partial charge in [-0.2, -0.15) is 0 Å². The molecule has 2 N–H and O–H groups in total. The van der Waals surface area contributed by atoms with Crippen molar-refractivity contribution in [3.05, 3.63) is 46.4 Å². The van der Waals surface area contributed by atoms with Crippen LogP contribution >= 0.6 is 11.8 Å². The van der Waals surface area contributed by atoms with Crippen LogP contribution in [0.4, 0.5) is 0 Å². The van der Waals surface area contributed by atoms with Crippen LogP contribution in [-0.4, -0.2) is 40.3 Å². The smallest absolute Gasteiger partial charge is 0.327 e. The van der Waals surface area contributed by atoms with E-state index in [1.807, 2.05) is 0 Å². The standard InChI is InChI=1S/C15H13NO5S/c1-8(17)16-11(15(20)21)7-22-13-6-12(18)9-4-2-3-5-10(9)14(13)19/h2-6,11H,7H2,1H3,(H,16,17)(H,20,21). The number of nitrogens with one attached hydrogen (secondary N) is 1. The summed E-state index contributed by atoms with van der Waals surface area (Å²) in [5.74, 6) is -2.31. The molecule has 0 aliphatic heterocycles. The molecule has 1 unspecified atom stereocenters. The maximum atomic E-state index is 12.3. The van der Waals surface area contributed by atoms with E-state index in [1.165, 1.54) is 13.0 Å². The zero-order valence-corrected chi connectivity index (χ0v) is 12.5. The molecule has 1 aromatic rings. The Kier molecular flexibility index (Phi) is 4.77. The maximum absolute atomic E-state index is 12.3. The number of carbonyl (C=O) groups is 4. The normalized spacial score (nSPS) is 14.9. The summed E-state index contributed by atoms with van der Waals surface area (Å²) in [6.07, 6.45) is 1.21. The Morgan fingerprint density at radius 1 is 1.23 bits per heavy atom. The molecule has 0 saturated heterocycles. The van der Waals surface area contributed by atoms with Gasteiger partial charge in [0.2, 0.25) is 5.91 Å². The Balaban J connectivity index is 2.14. The summed E-state index contributed by atoms with van der Waals surface area (Å²) in [4.78, 5) is 46.5. The van der Waals surface area contributed by atoms with Crippen LogP contribution in [0.5, 0.6) is 0 Å². The van der Waals surface area contributed by atoms with Gasteiger partial charge in [0.25, 0.3) is 0 Å². The van der Waals surface area contributed by atoms with E-state index in [0.29, 0.717) is 11.1 Å². The average Bonchev–Trinajstić information content (AvgIpc) is 2.47. The molecule has 22 heavy (non-hydrogen) atoms. The summed E-state index contributed by atoms with van der Waals surface area (Å²) in [7, 11) is 0. The van der Waals surface area contributed by atoms with Gasteiger partial charge in [0.05, 0.1) is 4.91 Å². The first-order chi connectivity index (χ1) is 10.4. The van der Waals surface area contributed by atoms with Crippen molar-refractivity contribution in [1.29, 1.82) is 0 Å². The number of carbonyl (C=O) groups excluding carboxylic acids is 3. The molecule has 7 heteroatoms. The van der Waals surface area contributed by atoms with Crippen LogP contribution < -0.4 is 5.32 Å². The molecule has 0 saturated carbocycles. The zero-order chi connectivity index (χ0) is 16.3. The lowest BCUT2D eigenvalue weighted by atomic mass is 9.95. The topological polar surface area (TPSA) is 101 Å². The fraction of sp³-hybridized carbons (Fsp3) is 0.200. The van der Waals surface area contributed by atoms with Crippen LogP contribution in [0.25, 0.3) is 0 Å². The van der Waals surface area contributed by atoms with Crippen molar-refractivity contribution in [2.45, 2.75) is 13.0 Å². The van der Waals surface area contributed by atoms with E-state index in [0.717, 1.165) is 11.8 Å². The highest BCUT2D eigenvalue weighted by atomic mass is 32.2. The lowest BCUT2D eigenvalue weighted by molar-refractivity contribution is -0.140. The summed E-state index contributed by atoms with van der Waals surface area (Å²) in [5, 5.41) is 11.3. The molecule has 1 aliphatic carbocycles. The predicted molar refractivity (Wildman–Crippen MR) is 80.9 cm³/mol. The highest BCUT2D eigenvalue weighted by Crippen LogP contribution is 2.28. The van der Waals surface area contributed by atoms with Crippen LogP contribution in [0.15, 0.2) is 35.2 Å². The predicted octanol–water partition coefficient (Wildman–Crippen LogP) is 1.27. The van der Waals surface area contributed by atoms with E-state index < -0.39 is 17.9 Å². The molecule has 114 valence electrons. The van der Waals surface area contributed by atoms with Gasteiger partial charge in [-0.1, -0.05) is 24.3 Å². The van der Waals surface area contributed by atoms with Gasteiger partial charge in [0.15, 0.2) is 11.6 Å². The molecule has 0 radical (unpaired) electrons. The molecule has 1 amide bonds. The van der Waals surface area contributed by atoms with Crippen molar-refractivity contribution in [1.82, 2.24) is 5.32 Å². The minimum absolute atomic E-state index is 0.0397. The molecule has 6 nitrogen and oxygen atoms in total. The minimum Gasteiger partial charge on any atom is -0.480 e. The van der Waals surface area contributed by atoms with E-state index >= 15 is 0 Å². The van der Waals surface area contributed by atoms with Crippen LogP contribution in [-0.2, 0) is 9.59 Å². The third-order valence-corrected chi connectivity index (χ3v) is 4.12. The Labute approximate surface area is 130 Å². The summed E-state index contributed by atoms with van der Waals surface area (Å²) < 4.78 is 0. The van der Waals surface area contributed by atoms with Crippen molar-refractivity contribution < 1.29 is 24.3 Å². The van der Waals surface area contributed by atoms with Crippen molar-refractivity contribution in [3.8, 4) is 0 Å². The molecule has 1 atom stereocenters. The number of ketones is 2. The third-order valence-electron chi connectivity index (χ3n) is 3.00. The Morgan fingerprint density at radius 3 is 2.45 bits per heavy atom. The summed E-state index contributed by atoms with van der Waals surface area (Å²) in [6.45, 7) is 1.21.